The van der Waals surface area contributed by atoms with E-state index in [0.29, 0.717) is 18.6 Å². The van der Waals surface area contributed by atoms with Gasteiger partial charge in [-0.25, -0.2) is 0 Å². The van der Waals surface area contributed by atoms with Gasteiger partial charge >= 0.3 is 0 Å². The molecule has 146 valence electrons. The number of rotatable bonds is 5. The molecule has 0 unspecified atom stereocenters. The maximum atomic E-state index is 9.15. The highest BCUT2D eigenvalue weighted by Crippen LogP contribution is 2.35. The van der Waals surface area contributed by atoms with Crippen molar-refractivity contribution >= 4 is 29.7 Å². The molecule has 5 heteroatoms. The fourth-order valence-corrected chi connectivity index (χ4v) is 4.66. The number of aliphatic hydroxyl groups excluding tert-OH is 1. The van der Waals surface area contributed by atoms with E-state index in [1.165, 1.54) is 49.0 Å². The van der Waals surface area contributed by atoms with Gasteiger partial charge in [-0.1, -0.05) is 23.7 Å². The summed E-state index contributed by atoms with van der Waals surface area (Å²) in [6.07, 6.45) is 9.15. The predicted octanol–water partition coefficient (Wildman–Crippen LogP) is 5.67. The van der Waals surface area contributed by atoms with Crippen molar-refractivity contribution in [3.63, 3.8) is 0 Å². The number of benzene rings is 1. The Morgan fingerprint density at radius 2 is 1.93 bits per heavy atom. The van der Waals surface area contributed by atoms with Gasteiger partial charge in [0.25, 0.3) is 0 Å². The minimum absolute atomic E-state index is 0. The van der Waals surface area contributed by atoms with E-state index in [4.69, 9.17) is 21.7 Å². The van der Waals surface area contributed by atoms with Gasteiger partial charge in [0.2, 0.25) is 0 Å². The Bertz CT molecular complexity index is 773. The second-order valence-corrected chi connectivity index (χ2v) is 8.15. The predicted molar refractivity (Wildman–Crippen MR) is 115 cm³/mol. The van der Waals surface area contributed by atoms with E-state index in [-0.39, 0.29) is 12.4 Å². The lowest BCUT2D eigenvalue weighted by Gasteiger charge is -2.30. The van der Waals surface area contributed by atoms with E-state index < -0.39 is 0 Å². The highest BCUT2D eigenvalue weighted by molar-refractivity contribution is 6.30. The van der Waals surface area contributed by atoms with E-state index >= 15 is 0 Å². The van der Waals surface area contributed by atoms with Crippen molar-refractivity contribution in [2.75, 3.05) is 11.9 Å². The van der Waals surface area contributed by atoms with Crippen LogP contribution < -0.4 is 5.32 Å². The Morgan fingerprint density at radius 1 is 1.11 bits per heavy atom. The molecule has 0 saturated heterocycles. The lowest BCUT2D eigenvalue weighted by atomic mass is 9.84. The van der Waals surface area contributed by atoms with Crippen LogP contribution in [0.2, 0.25) is 5.02 Å². The Balaban J connectivity index is 0.00000210. The van der Waals surface area contributed by atoms with Crippen LogP contribution >= 0.6 is 24.0 Å². The van der Waals surface area contributed by atoms with Gasteiger partial charge in [-0.2, -0.15) is 0 Å². The number of aromatic nitrogens is 1. The summed E-state index contributed by atoms with van der Waals surface area (Å²) < 4.78 is 0. The molecule has 2 aliphatic rings. The fourth-order valence-electron chi connectivity index (χ4n) is 4.47. The highest BCUT2D eigenvalue weighted by atomic mass is 35.5. The van der Waals surface area contributed by atoms with E-state index in [9.17, 15) is 0 Å². The number of hydrogen-bond acceptors (Lipinski definition) is 3. The lowest BCUT2D eigenvalue weighted by molar-refractivity contribution is 0.225. The molecule has 3 nitrogen and oxygen atoms in total. The number of nitrogens with one attached hydrogen (secondary N) is 1. The molecule has 1 fully saturated rings. The zero-order chi connectivity index (χ0) is 17.9. The molecule has 2 N–H and O–H groups in total. The smallest absolute Gasteiger partial charge is 0.0726 e. The molecule has 0 amide bonds. The van der Waals surface area contributed by atoms with E-state index in [2.05, 4.69) is 17.4 Å². The molecule has 2 aliphatic carbocycles. The largest absolute Gasteiger partial charge is 0.396 e. The van der Waals surface area contributed by atoms with Crippen molar-refractivity contribution in [3.8, 4) is 11.3 Å². The first kappa shape index (κ1) is 20.4. The minimum Gasteiger partial charge on any atom is -0.396 e. The van der Waals surface area contributed by atoms with Crippen molar-refractivity contribution in [1.29, 1.82) is 0 Å². The summed E-state index contributed by atoms with van der Waals surface area (Å²) in [5.74, 6) is 0.697. The van der Waals surface area contributed by atoms with Crippen LogP contribution in [0.15, 0.2) is 30.3 Å². The van der Waals surface area contributed by atoms with E-state index in [0.717, 1.165) is 35.5 Å². The summed E-state index contributed by atoms with van der Waals surface area (Å²) in [4.78, 5) is 4.93. The van der Waals surface area contributed by atoms with Crippen molar-refractivity contribution in [3.05, 3.63) is 46.6 Å². The van der Waals surface area contributed by atoms with Gasteiger partial charge in [0.1, 0.15) is 0 Å². The van der Waals surface area contributed by atoms with Crippen molar-refractivity contribution in [2.45, 2.75) is 57.4 Å². The van der Waals surface area contributed by atoms with Crippen molar-refractivity contribution in [1.82, 2.24) is 4.98 Å². The number of fused-ring (bicyclic) bond motifs is 1. The molecular weight excluding hydrogens is 379 g/mol. The molecular formula is C22H28Cl2N2O. The van der Waals surface area contributed by atoms with Crippen LogP contribution in [0.4, 0.5) is 5.69 Å². The number of pyridine rings is 1. The second kappa shape index (κ2) is 9.27. The molecule has 4 rings (SSSR count). The molecule has 0 radical (unpaired) electrons. The summed E-state index contributed by atoms with van der Waals surface area (Å²) in [5.41, 5.74) is 6.03. The number of aryl methyl sites for hydroxylation is 1. The van der Waals surface area contributed by atoms with Gasteiger partial charge in [0, 0.05) is 34.6 Å². The molecule has 0 bridgehead atoms. The number of aliphatic hydroxyl groups is 1. The third-order valence-electron chi connectivity index (χ3n) is 5.91. The Hall–Kier alpha value is -1.29. The van der Waals surface area contributed by atoms with Crippen LogP contribution in [0.1, 0.15) is 49.8 Å². The zero-order valence-corrected chi connectivity index (χ0v) is 17.2. The van der Waals surface area contributed by atoms with Gasteiger partial charge in [-0.05, 0) is 81.0 Å². The maximum Gasteiger partial charge on any atom is 0.0726 e. The van der Waals surface area contributed by atoms with Crippen LogP contribution in [0.25, 0.3) is 11.3 Å². The summed E-state index contributed by atoms with van der Waals surface area (Å²) in [6.45, 7) is 0.323. The molecule has 27 heavy (non-hydrogen) atoms. The first-order valence-corrected chi connectivity index (χ1v) is 10.3. The van der Waals surface area contributed by atoms with Crippen LogP contribution in [-0.2, 0) is 12.8 Å². The van der Waals surface area contributed by atoms with Gasteiger partial charge in [0.15, 0.2) is 0 Å². The van der Waals surface area contributed by atoms with Crippen LogP contribution in [-0.4, -0.2) is 22.7 Å². The topological polar surface area (TPSA) is 45.1 Å². The maximum absolute atomic E-state index is 9.15. The molecule has 1 aromatic carbocycles. The number of anilines is 1. The van der Waals surface area contributed by atoms with Crippen LogP contribution in [0.5, 0.6) is 0 Å². The summed E-state index contributed by atoms with van der Waals surface area (Å²) in [6, 6.07) is 10.7. The normalized spacial score (nSPS) is 21.4. The molecule has 2 aromatic rings. The average Bonchev–Trinajstić information content (AvgIpc) is 3.12. The third kappa shape index (κ3) is 4.77. The Labute approximate surface area is 173 Å². The zero-order valence-electron chi connectivity index (χ0n) is 15.6. The Morgan fingerprint density at radius 3 is 2.67 bits per heavy atom. The van der Waals surface area contributed by atoms with Crippen molar-refractivity contribution in [2.24, 2.45) is 5.92 Å². The number of nitrogens with zero attached hydrogens (tertiary/aromatic N) is 1. The first-order valence-electron chi connectivity index (χ1n) is 9.89. The van der Waals surface area contributed by atoms with Crippen LogP contribution in [0.3, 0.4) is 0 Å². The number of halogens is 2. The van der Waals surface area contributed by atoms with Crippen molar-refractivity contribution < 1.29 is 5.11 Å². The van der Waals surface area contributed by atoms with Gasteiger partial charge in [-0.15, -0.1) is 12.4 Å². The van der Waals surface area contributed by atoms with Gasteiger partial charge in [-0.3, -0.25) is 4.98 Å². The monoisotopic (exact) mass is 406 g/mol. The summed E-state index contributed by atoms with van der Waals surface area (Å²) in [5, 5.41) is 13.7. The molecule has 0 atom stereocenters. The molecule has 0 spiro atoms. The Kier molecular flexibility index (Phi) is 7.02. The molecule has 0 aliphatic heterocycles. The third-order valence-corrected chi connectivity index (χ3v) is 6.15. The van der Waals surface area contributed by atoms with Gasteiger partial charge < -0.3 is 10.4 Å². The SMILES string of the molecule is Cl.OCCC1CCC(Nc2cc(-c3cccc(Cl)c3)nc3c2CCC3)CC1. The summed E-state index contributed by atoms with van der Waals surface area (Å²) >= 11 is 6.19. The molecule has 1 heterocycles. The van der Waals surface area contributed by atoms with Crippen LogP contribution in [0, 0.1) is 5.92 Å². The first-order chi connectivity index (χ1) is 12.7. The average molecular weight is 407 g/mol. The van der Waals surface area contributed by atoms with E-state index in [1.54, 1.807) is 0 Å². The highest BCUT2D eigenvalue weighted by Gasteiger charge is 2.24. The molecule has 1 aromatic heterocycles. The quantitative estimate of drug-likeness (QED) is 0.672. The molecule has 1 saturated carbocycles. The minimum atomic E-state index is 0. The van der Waals surface area contributed by atoms with Gasteiger partial charge in [0.05, 0.1) is 5.69 Å². The fraction of sp³-hybridized carbons (Fsp3) is 0.500. The second-order valence-electron chi connectivity index (χ2n) is 7.72. The lowest BCUT2D eigenvalue weighted by Crippen LogP contribution is -2.27. The van der Waals surface area contributed by atoms with E-state index in [1.807, 2.05) is 18.2 Å². The summed E-state index contributed by atoms with van der Waals surface area (Å²) in [7, 11) is 0. The number of hydrogen-bond donors (Lipinski definition) is 2. The standard InChI is InChI=1S/C22H27ClN2O.ClH/c23-17-4-1-3-16(13-17)21-14-22(19-5-2-6-20(19)25-21)24-18-9-7-15(8-10-18)11-12-26;/h1,3-4,13-15,18,26H,2,5-12H2,(H,24,25);1H.